The molecule has 0 spiro atoms. The number of benzene rings is 1. The second-order valence-electron chi connectivity index (χ2n) is 4.86. The smallest absolute Gasteiger partial charge is 0.228 e. The van der Waals surface area contributed by atoms with Crippen molar-refractivity contribution in [1.82, 2.24) is 15.5 Å². The Hall–Kier alpha value is -1.68. The van der Waals surface area contributed by atoms with Gasteiger partial charge in [0.05, 0.1) is 0 Å². The van der Waals surface area contributed by atoms with E-state index in [1.165, 1.54) is 5.56 Å². The van der Waals surface area contributed by atoms with Gasteiger partial charge in [0.1, 0.15) is 0 Å². The number of hydrogen-bond donors (Lipinski definition) is 1. The van der Waals surface area contributed by atoms with Crippen molar-refractivity contribution in [2.75, 3.05) is 7.05 Å². The van der Waals surface area contributed by atoms with Crippen LogP contribution in [0, 0.1) is 6.92 Å². The van der Waals surface area contributed by atoms with Crippen LogP contribution in [0.1, 0.15) is 31.2 Å². The van der Waals surface area contributed by atoms with Crippen LogP contribution < -0.4 is 5.32 Å². The Kier molecular flexibility index (Phi) is 4.68. The van der Waals surface area contributed by atoms with Gasteiger partial charge >= 0.3 is 0 Å². The molecule has 0 aliphatic rings. The van der Waals surface area contributed by atoms with Gasteiger partial charge in [0.2, 0.25) is 11.7 Å². The van der Waals surface area contributed by atoms with Crippen LogP contribution in [0.2, 0.25) is 0 Å². The Morgan fingerprint density at radius 1 is 1.26 bits per heavy atom. The first kappa shape index (κ1) is 13.7. The van der Waals surface area contributed by atoms with E-state index in [1.54, 1.807) is 0 Å². The molecule has 0 amide bonds. The lowest BCUT2D eigenvalue weighted by Gasteiger charge is -2.11. The van der Waals surface area contributed by atoms with Gasteiger partial charge in [-0.25, -0.2) is 0 Å². The summed E-state index contributed by atoms with van der Waals surface area (Å²) >= 11 is 0. The molecule has 4 nitrogen and oxygen atoms in total. The molecule has 2 aromatic rings. The molecule has 1 unspecified atom stereocenters. The van der Waals surface area contributed by atoms with E-state index < -0.39 is 0 Å². The highest BCUT2D eigenvalue weighted by atomic mass is 16.5. The zero-order valence-corrected chi connectivity index (χ0v) is 11.8. The molecule has 0 aliphatic heterocycles. The Labute approximate surface area is 114 Å². The third kappa shape index (κ3) is 3.64. The first-order valence-corrected chi connectivity index (χ1v) is 6.79. The normalized spacial score (nSPS) is 12.6. The number of nitrogens with one attached hydrogen (secondary N) is 1. The van der Waals surface area contributed by atoms with Gasteiger partial charge in [-0.2, -0.15) is 4.98 Å². The van der Waals surface area contributed by atoms with E-state index in [1.807, 2.05) is 19.2 Å². The van der Waals surface area contributed by atoms with E-state index in [0.717, 1.165) is 24.8 Å². The van der Waals surface area contributed by atoms with Crippen molar-refractivity contribution < 1.29 is 4.52 Å². The fourth-order valence-electron chi connectivity index (χ4n) is 2.07. The molecule has 1 N–H and O–H groups in total. The quantitative estimate of drug-likeness (QED) is 0.866. The number of hydrogen-bond acceptors (Lipinski definition) is 4. The highest BCUT2D eigenvalue weighted by Gasteiger charge is 2.13. The highest BCUT2D eigenvalue weighted by Crippen LogP contribution is 2.17. The molecule has 2 rings (SSSR count). The number of likely N-dealkylation sites (N-methyl/N-ethyl adjacent to an activating group) is 1. The van der Waals surface area contributed by atoms with E-state index in [9.17, 15) is 0 Å². The van der Waals surface area contributed by atoms with Gasteiger partial charge in [0.25, 0.3) is 0 Å². The molecule has 19 heavy (non-hydrogen) atoms. The van der Waals surface area contributed by atoms with Crippen LogP contribution in [0.25, 0.3) is 11.4 Å². The Bertz CT molecular complexity index is 504. The minimum atomic E-state index is 0.399. The summed E-state index contributed by atoms with van der Waals surface area (Å²) in [5.74, 6) is 1.37. The van der Waals surface area contributed by atoms with E-state index in [2.05, 4.69) is 41.4 Å². The molecule has 0 fully saturated rings. The number of aromatic nitrogens is 2. The Balaban J connectivity index is 2.08. The van der Waals surface area contributed by atoms with Crippen molar-refractivity contribution in [3.8, 4) is 11.4 Å². The molecule has 1 aromatic heterocycles. The number of aryl methyl sites for hydroxylation is 1. The summed E-state index contributed by atoms with van der Waals surface area (Å²) in [5, 5.41) is 7.33. The molecule has 0 saturated carbocycles. The predicted molar refractivity (Wildman–Crippen MR) is 75.9 cm³/mol. The van der Waals surface area contributed by atoms with Crippen molar-refractivity contribution in [1.29, 1.82) is 0 Å². The zero-order valence-electron chi connectivity index (χ0n) is 11.8. The number of rotatable bonds is 6. The van der Waals surface area contributed by atoms with E-state index >= 15 is 0 Å². The average molecular weight is 259 g/mol. The standard InChI is InChI=1S/C15H21N3O/c1-4-5-13(16-3)10-14-17-15(18-19-14)12-8-6-11(2)7-9-12/h6-9,13,16H,4-5,10H2,1-3H3. The van der Waals surface area contributed by atoms with Gasteiger partial charge in [-0.15, -0.1) is 0 Å². The summed E-state index contributed by atoms with van der Waals surface area (Å²) < 4.78 is 5.33. The summed E-state index contributed by atoms with van der Waals surface area (Å²) in [6.07, 6.45) is 3.03. The maximum absolute atomic E-state index is 5.33. The lowest BCUT2D eigenvalue weighted by molar-refractivity contribution is 0.356. The molecule has 1 heterocycles. The highest BCUT2D eigenvalue weighted by molar-refractivity contribution is 5.54. The van der Waals surface area contributed by atoms with E-state index in [0.29, 0.717) is 17.8 Å². The van der Waals surface area contributed by atoms with Crippen LogP contribution in [0.3, 0.4) is 0 Å². The van der Waals surface area contributed by atoms with Crippen LogP contribution in [-0.4, -0.2) is 23.2 Å². The molecule has 1 aromatic carbocycles. The summed E-state index contributed by atoms with van der Waals surface area (Å²) in [6.45, 7) is 4.24. The molecular formula is C15H21N3O. The van der Waals surface area contributed by atoms with Gasteiger partial charge < -0.3 is 9.84 Å². The summed E-state index contributed by atoms with van der Waals surface area (Å²) in [5.41, 5.74) is 2.22. The molecular weight excluding hydrogens is 238 g/mol. The van der Waals surface area contributed by atoms with Gasteiger partial charge in [0, 0.05) is 18.0 Å². The fraction of sp³-hybridized carbons (Fsp3) is 0.467. The van der Waals surface area contributed by atoms with E-state index in [-0.39, 0.29) is 0 Å². The minimum absolute atomic E-state index is 0.399. The molecule has 102 valence electrons. The summed E-state index contributed by atoms with van der Waals surface area (Å²) in [7, 11) is 1.97. The molecule has 0 bridgehead atoms. The van der Waals surface area contributed by atoms with Crippen LogP contribution in [-0.2, 0) is 6.42 Å². The predicted octanol–water partition coefficient (Wildman–Crippen LogP) is 2.98. The Morgan fingerprint density at radius 2 is 2.00 bits per heavy atom. The van der Waals surface area contributed by atoms with Crippen molar-refractivity contribution in [2.24, 2.45) is 0 Å². The third-order valence-electron chi connectivity index (χ3n) is 3.24. The maximum atomic E-state index is 5.33. The average Bonchev–Trinajstić information content (AvgIpc) is 2.87. The van der Waals surface area contributed by atoms with Gasteiger partial charge in [-0.1, -0.05) is 48.3 Å². The molecule has 0 saturated heterocycles. The van der Waals surface area contributed by atoms with Crippen molar-refractivity contribution in [3.63, 3.8) is 0 Å². The summed E-state index contributed by atoms with van der Waals surface area (Å²) in [6, 6.07) is 8.55. The molecule has 0 radical (unpaired) electrons. The molecule has 1 atom stereocenters. The Morgan fingerprint density at radius 3 is 2.63 bits per heavy atom. The van der Waals surface area contributed by atoms with E-state index in [4.69, 9.17) is 4.52 Å². The second-order valence-corrected chi connectivity index (χ2v) is 4.86. The van der Waals surface area contributed by atoms with Crippen LogP contribution in [0.4, 0.5) is 0 Å². The first-order valence-electron chi connectivity index (χ1n) is 6.79. The second kappa shape index (κ2) is 6.48. The SMILES string of the molecule is CCCC(Cc1nc(-c2ccc(C)cc2)no1)NC. The van der Waals surface area contributed by atoms with Crippen LogP contribution in [0.5, 0.6) is 0 Å². The van der Waals surface area contributed by atoms with Crippen molar-refractivity contribution >= 4 is 0 Å². The molecule has 0 aliphatic carbocycles. The van der Waals surface area contributed by atoms with Crippen LogP contribution in [0.15, 0.2) is 28.8 Å². The monoisotopic (exact) mass is 259 g/mol. The first-order chi connectivity index (χ1) is 9.22. The third-order valence-corrected chi connectivity index (χ3v) is 3.24. The largest absolute Gasteiger partial charge is 0.339 e. The van der Waals surface area contributed by atoms with Gasteiger partial charge in [-0.3, -0.25) is 0 Å². The van der Waals surface area contributed by atoms with Crippen LogP contribution >= 0.6 is 0 Å². The topological polar surface area (TPSA) is 51.0 Å². The number of nitrogens with zero attached hydrogens (tertiary/aromatic N) is 2. The van der Waals surface area contributed by atoms with Gasteiger partial charge in [0.15, 0.2) is 0 Å². The lowest BCUT2D eigenvalue weighted by atomic mass is 10.1. The summed E-state index contributed by atoms with van der Waals surface area (Å²) in [4.78, 5) is 4.46. The fourth-order valence-corrected chi connectivity index (χ4v) is 2.07. The minimum Gasteiger partial charge on any atom is -0.339 e. The molecule has 4 heteroatoms. The lowest BCUT2D eigenvalue weighted by Crippen LogP contribution is -2.27. The maximum Gasteiger partial charge on any atom is 0.228 e. The zero-order chi connectivity index (χ0) is 13.7. The van der Waals surface area contributed by atoms with Crippen molar-refractivity contribution in [3.05, 3.63) is 35.7 Å². The van der Waals surface area contributed by atoms with Crippen molar-refractivity contribution in [2.45, 2.75) is 39.2 Å². The van der Waals surface area contributed by atoms with Gasteiger partial charge in [-0.05, 0) is 20.4 Å².